The maximum absolute atomic E-state index is 13.2. The maximum Gasteiger partial charge on any atom is 0.264 e. The molecule has 0 aliphatic carbocycles. The molecule has 0 unspecified atom stereocenters. The molecule has 2 aromatic rings. The molecule has 2 aliphatic rings. The summed E-state index contributed by atoms with van der Waals surface area (Å²) in [4.78, 5) is 17.0. The molecule has 2 heterocycles. The lowest BCUT2D eigenvalue weighted by molar-refractivity contribution is 0.0782. The first-order valence-electron chi connectivity index (χ1n) is 10.2. The Balaban J connectivity index is 1.51. The van der Waals surface area contributed by atoms with Crippen LogP contribution in [0.15, 0.2) is 53.4 Å². The van der Waals surface area contributed by atoms with Crippen LogP contribution in [0.3, 0.4) is 0 Å². The van der Waals surface area contributed by atoms with Gasteiger partial charge in [-0.1, -0.05) is 24.3 Å². The zero-order valence-corrected chi connectivity index (χ0v) is 17.6. The molecule has 0 atom stereocenters. The number of hydrogen-bond acceptors (Lipinski definition) is 4. The van der Waals surface area contributed by atoms with Crippen LogP contribution in [0.4, 0.5) is 5.69 Å². The van der Waals surface area contributed by atoms with Crippen molar-refractivity contribution >= 4 is 21.6 Å². The van der Waals surface area contributed by atoms with Crippen LogP contribution in [0.2, 0.25) is 0 Å². The van der Waals surface area contributed by atoms with Gasteiger partial charge < -0.3 is 9.80 Å². The highest BCUT2D eigenvalue weighted by atomic mass is 32.2. The average molecular weight is 414 g/mol. The molecule has 0 N–H and O–H groups in total. The van der Waals surface area contributed by atoms with E-state index < -0.39 is 10.0 Å². The summed E-state index contributed by atoms with van der Waals surface area (Å²) in [5.74, 6) is -0.150. The molecule has 4 rings (SSSR count). The van der Waals surface area contributed by atoms with Crippen molar-refractivity contribution in [1.29, 1.82) is 0 Å². The van der Waals surface area contributed by atoms with Gasteiger partial charge in [-0.15, -0.1) is 0 Å². The second-order valence-corrected chi connectivity index (χ2v) is 9.62. The molecule has 0 bridgehead atoms. The maximum atomic E-state index is 13.2. The minimum Gasteiger partial charge on any atom is -0.340 e. The number of hydrogen-bond donors (Lipinski definition) is 0. The Bertz CT molecular complexity index is 1000. The van der Waals surface area contributed by atoms with E-state index in [2.05, 4.69) is 4.90 Å². The van der Waals surface area contributed by atoms with E-state index in [0.29, 0.717) is 25.1 Å². The Morgan fingerprint density at radius 3 is 2.59 bits per heavy atom. The summed E-state index contributed by atoms with van der Waals surface area (Å²) in [6.07, 6.45) is 3.14. The Hall–Kier alpha value is -2.38. The third-order valence-corrected chi connectivity index (χ3v) is 7.62. The van der Waals surface area contributed by atoms with Gasteiger partial charge in [0.05, 0.1) is 10.6 Å². The fourth-order valence-electron chi connectivity index (χ4n) is 4.09. The zero-order valence-electron chi connectivity index (χ0n) is 16.8. The number of benzene rings is 2. The summed E-state index contributed by atoms with van der Waals surface area (Å²) in [6.45, 7) is 4.09. The first-order chi connectivity index (χ1) is 14.0. The lowest BCUT2D eigenvalue weighted by atomic mass is 10.2. The van der Waals surface area contributed by atoms with Gasteiger partial charge in [0.2, 0.25) is 0 Å². The Kier molecular flexibility index (Phi) is 5.61. The van der Waals surface area contributed by atoms with Gasteiger partial charge in [0.25, 0.3) is 15.9 Å². The Morgan fingerprint density at radius 1 is 1.03 bits per heavy atom. The molecule has 2 aromatic carbocycles. The fraction of sp³-hybridized carbons (Fsp3) is 0.409. The number of nitrogens with zero attached hydrogens (tertiary/aromatic N) is 3. The molecular formula is C22H27N3O3S. The van der Waals surface area contributed by atoms with E-state index in [-0.39, 0.29) is 10.8 Å². The Labute approximate surface area is 172 Å². The van der Waals surface area contributed by atoms with Gasteiger partial charge in [0.15, 0.2) is 0 Å². The number of carbonyl (C=O) groups is 1. The Morgan fingerprint density at radius 2 is 1.79 bits per heavy atom. The molecule has 154 valence electrons. The number of likely N-dealkylation sites (tertiary alicyclic amines) is 1. The number of rotatable bonds is 6. The first kappa shape index (κ1) is 19.9. The van der Waals surface area contributed by atoms with Crippen LogP contribution in [0.5, 0.6) is 0 Å². The highest BCUT2D eigenvalue weighted by Gasteiger charge is 2.31. The van der Waals surface area contributed by atoms with Crippen molar-refractivity contribution in [3.05, 3.63) is 59.7 Å². The molecule has 7 heteroatoms. The van der Waals surface area contributed by atoms with Crippen LogP contribution in [0, 0.1) is 0 Å². The van der Waals surface area contributed by atoms with Crippen LogP contribution in [0.1, 0.15) is 28.8 Å². The van der Waals surface area contributed by atoms with Gasteiger partial charge in [-0.25, -0.2) is 8.42 Å². The summed E-state index contributed by atoms with van der Waals surface area (Å²) in [5, 5.41) is 0. The quantitative estimate of drug-likeness (QED) is 0.730. The zero-order chi connectivity index (χ0) is 20.4. The van der Waals surface area contributed by atoms with E-state index in [1.807, 2.05) is 24.3 Å². The van der Waals surface area contributed by atoms with Gasteiger partial charge >= 0.3 is 0 Å². The largest absolute Gasteiger partial charge is 0.340 e. The minimum atomic E-state index is -3.70. The monoisotopic (exact) mass is 413 g/mol. The van der Waals surface area contributed by atoms with Gasteiger partial charge in [-0.2, -0.15) is 0 Å². The van der Waals surface area contributed by atoms with Crippen LogP contribution in [0.25, 0.3) is 0 Å². The highest BCUT2D eigenvalue weighted by molar-refractivity contribution is 7.92. The third-order valence-electron chi connectivity index (χ3n) is 5.81. The number of anilines is 1. The predicted octanol–water partition coefficient (Wildman–Crippen LogP) is 2.61. The van der Waals surface area contributed by atoms with Crippen molar-refractivity contribution in [2.45, 2.75) is 24.2 Å². The second-order valence-electron chi connectivity index (χ2n) is 7.76. The van der Waals surface area contributed by atoms with Gasteiger partial charge in [0.1, 0.15) is 0 Å². The SMILES string of the molecule is CN(CCN1CCCC1)C(=O)c1cccc(S(=O)(=O)N2CCc3ccccc32)c1. The number of fused-ring (bicyclic) bond motifs is 1. The van der Waals surface area contributed by atoms with Gasteiger partial charge in [-0.05, 0) is 62.2 Å². The molecule has 0 spiro atoms. The topological polar surface area (TPSA) is 60.9 Å². The van der Waals surface area contributed by atoms with Crippen molar-refractivity contribution in [2.75, 3.05) is 44.1 Å². The smallest absolute Gasteiger partial charge is 0.264 e. The molecule has 0 aromatic heterocycles. The molecule has 1 fully saturated rings. The average Bonchev–Trinajstić information content (AvgIpc) is 3.41. The predicted molar refractivity (Wildman–Crippen MR) is 114 cm³/mol. The highest BCUT2D eigenvalue weighted by Crippen LogP contribution is 2.32. The van der Waals surface area contributed by atoms with Crippen molar-refractivity contribution < 1.29 is 13.2 Å². The van der Waals surface area contributed by atoms with Crippen molar-refractivity contribution in [3.8, 4) is 0 Å². The lowest BCUT2D eigenvalue weighted by Crippen LogP contribution is -2.35. The molecule has 6 nitrogen and oxygen atoms in total. The molecular weight excluding hydrogens is 386 g/mol. The van der Waals surface area contributed by atoms with E-state index in [1.165, 1.54) is 23.2 Å². The molecule has 1 saturated heterocycles. The van der Waals surface area contributed by atoms with E-state index in [9.17, 15) is 13.2 Å². The van der Waals surface area contributed by atoms with Crippen LogP contribution in [-0.2, 0) is 16.4 Å². The lowest BCUT2D eigenvalue weighted by Gasteiger charge is -2.22. The molecule has 2 aliphatic heterocycles. The summed E-state index contributed by atoms with van der Waals surface area (Å²) in [7, 11) is -1.93. The summed E-state index contributed by atoms with van der Waals surface area (Å²) in [6, 6.07) is 14.0. The minimum absolute atomic E-state index is 0.150. The number of para-hydroxylation sites is 1. The number of likely N-dealkylation sites (N-methyl/N-ethyl adjacent to an activating group) is 1. The van der Waals surface area contributed by atoms with Crippen molar-refractivity contribution in [1.82, 2.24) is 9.80 Å². The number of carbonyl (C=O) groups excluding carboxylic acids is 1. The summed E-state index contributed by atoms with van der Waals surface area (Å²) in [5.41, 5.74) is 2.17. The molecule has 1 amide bonds. The standard InChI is InChI=1S/C22H27N3O3S/c1-23(15-16-24-12-4-5-13-24)22(26)19-8-6-9-20(17-19)29(27,28)25-14-11-18-7-2-3-10-21(18)25/h2-3,6-10,17H,4-5,11-16H2,1H3. The number of amides is 1. The second kappa shape index (κ2) is 8.16. The van der Waals surface area contributed by atoms with Gasteiger partial charge in [-0.3, -0.25) is 9.10 Å². The van der Waals surface area contributed by atoms with Gasteiger partial charge in [0, 0.05) is 32.2 Å². The first-order valence-corrected chi connectivity index (χ1v) is 11.6. The van der Waals surface area contributed by atoms with E-state index in [4.69, 9.17) is 0 Å². The molecule has 0 radical (unpaired) electrons. The van der Waals surface area contributed by atoms with E-state index in [0.717, 1.165) is 30.9 Å². The van der Waals surface area contributed by atoms with Crippen LogP contribution < -0.4 is 4.31 Å². The number of sulfonamides is 1. The van der Waals surface area contributed by atoms with Crippen LogP contribution >= 0.6 is 0 Å². The van der Waals surface area contributed by atoms with Crippen molar-refractivity contribution in [2.24, 2.45) is 0 Å². The van der Waals surface area contributed by atoms with Crippen LogP contribution in [-0.4, -0.2) is 63.9 Å². The molecule has 29 heavy (non-hydrogen) atoms. The van der Waals surface area contributed by atoms with E-state index >= 15 is 0 Å². The third kappa shape index (κ3) is 4.02. The van der Waals surface area contributed by atoms with E-state index in [1.54, 1.807) is 30.1 Å². The fourth-order valence-corrected chi connectivity index (χ4v) is 5.64. The normalized spacial score (nSPS) is 16.8. The summed E-state index contributed by atoms with van der Waals surface area (Å²) < 4.78 is 27.9. The molecule has 0 saturated carbocycles. The summed E-state index contributed by atoms with van der Waals surface area (Å²) >= 11 is 0. The van der Waals surface area contributed by atoms with Crippen molar-refractivity contribution in [3.63, 3.8) is 0 Å².